The van der Waals surface area contributed by atoms with E-state index in [4.69, 9.17) is 9.47 Å². The number of esters is 2. The lowest BCUT2D eigenvalue weighted by Crippen LogP contribution is -2.21. The number of carbonyl (C=O) groups excluding carboxylic acids is 2. The highest BCUT2D eigenvalue weighted by atomic mass is 32.2. The van der Waals surface area contributed by atoms with Crippen molar-refractivity contribution in [3.05, 3.63) is 130 Å². The summed E-state index contributed by atoms with van der Waals surface area (Å²) in [4.78, 5) is 26.1. The predicted octanol–water partition coefficient (Wildman–Crippen LogP) is 4.05. The quantitative estimate of drug-likeness (QED) is 0.106. The number of sulfonamides is 2. The van der Waals surface area contributed by atoms with Gasteiger partial charge in [-0.2, -0.15) is 0 Å². The molecule has 0 radical (unpaired) electrons. The lowest BCUT2D eigenvalue weighted by molar-refractivity contribution is -0.131. The van der Waals surface area contributed by atoms with Crippen LogP contribution in [-0.2, 0) is 42.5 Å². The van der Waals surface area contributed by atoms with Gasteiger partial charge in [-0.05, 0) is 83.6 Å². The van der Waals surface area contributed by atoms with Gasteiger partial charge in [0.1, 0.15) is 0 Å². The minimum Gasteiger partial charge on any atom is -0.421 e. The van der Waals surface area contributed by atoms with E-state index in [1.54, 1.807) is 24.3 Å². The molecule has 52 heavy (non-hydrogen) atoms. The maximum absolute atomic E-state index is 13.1. The first-order chi connectivity index (χ1) is 24.8. The molecule has 0 bridgehead atoms. The van der Waals surface area contributed by atoms with Crippen molar-refractivity contribution in [2.24, 2.45) is 0 Å². The Hall–Kier alpha value is -5.02. The summed E-state index contributed by atoms with van der Waals surface area (Å²) in [5.74, 6) is -2.09. The van der Waals surface area contributed by atoms with Crippen molar-refractivity contribution in [3.63, 3.8) is 0 Å². The number of nitrogens with one attached hydrogen (secondary N) is 4. The number of hydrogen-bond acceptors (Lipinski definition) is 10. The van der Waals surface area contributed by atoms with Crippen molar-refractivity contribution in [1.82, 2.24) is 10.6 Å². The zero-order valence-electron chi connectivity index (χ0n) is 28.7. The van der Waals surface area contributed by atoms with Crippen LogP contribution in [0.15, 0.2) is 97.1 Å². The van der Waals surface area contributed by atoms with E-state index in [2.05, 4.69) is 20.1 Å². The fourth-order valence-electron chi connectivity index (χ4n) is 6.63. The van der Waals surface area contributed by atoms with Gasteiger partial charge in [0.2, 0.25) is 20.0 Å². The number of anilines is 2. The van der Waals surface area contributed by atoms with Gasteiger partial charge in [0.05, 0.1) is 23.9 Å². The first kappa shape index (κ1) is 36.8. The van der Waals surface area contributed by atoms with Gasteiger partial charge >= 0.3 is 11.9 Å². The Kier molecular flexibility index (Phi) is 11.1. The van der Waals surface area contributed by atoms with Crippen molar-refractivity contribution >= 4 is 43.4 Å². The summed E-state index contributed by atoms with van der Waals surface area (Å²) in [6.45, 7) is 2.60. The van der Waals surface area contributed by atoms with E-state index in [1.807, 2.05) is 60.7 Å². The van der Waals surface area contributed by atoms with Crippen molar-refractivity contribution in [1.29, 1.82) is 0 Å². The smallest absolute Gasteiger partial charge is 0.336 e. The highest BCUT2D eigenvalue weighted by Crippen LogP contribution is 2.38. The first-order valence-corrected chi connectivity index (χ1v) is 20.5. The second-order valence-electron chi connectivity index (χ2n) is 12.9. The van der Waals surface area contributed by atoms with Crippen LogP contribution in [-0.4, -0.2) is 67.5 Å². The molecule has 4 aromatic rings. The number of fused-ring (bicyclic) bond motifs is 2. The van der Waals surface area contributed by atoms with Gasteiger partial charge in [0.25, 0.3) is 0 Å². The van der Waals surface area contributed by atoms with E-state index >= 15 is 0 Å². The van der Waals surface area contributed by atoms with E-state index in [0.717, 1.165) is 58.0 Å². The van der Waals surface area contributed by atoms with Gasteiger partial charge < -0.3 is 20.1 Å². The molecule has 0 saturated carbocycles. The molecular formula is C38H40N4O8S2. The van der Waals surface area contributed by atoms with Crippen molar-refractivity contribution in [2.75, 3.05) is 48.1 Å². The summed E-state index contributed by atoms with van der Waals surface area (Å²) in [7, 11) is -7.52. The molecule has 0 spiro atoms. The van der Waals surface area contributed by atoms with E-state index in [9.17, 15) is 26.4 Å². The fourth-order valence-corrected chi connectivity index (χ4v) is 7.75. The first-order valence-electron chi connectivity index (χ1n) is 16.8. The number of carbonyl (C=O) groups is 2. The molecule has 0 fully saturated rings. The van der Waals surface area contributed by atoms with Crippen molar-refractivity contribution < 1.29 is 35.9 Å². The van der Waals surface area contributed by atoms with E-state index in [0.29, 0.717) is 39.0 Å². The zero-order chi connectivity index (χ0) is 36.9. The number of rotatable bonds is 10. The van der Waals surface area contributed by atoms with Crippen LogP contribution < -0.4 is 29.6 Å². The van der Waals surface area contributed by atoms with Gasteiger partial charge in [-0.25, -0.2) is 26.4 Å². The van der Waals surface area contributed by atoms with Gasteiger partial charge in [-0.3, -0.25) is 9.44 Å². The Morgan fingerprint density at radius 3 is 1.38 bits per heavy atom. The van der Waals surface area contributed by atoms with Crippen LogP contribution in [0.2, 0.25) is 0 Å². The molecule has 0 aliphatic carbocycles. The molecular weight excluding hydrogens is 705 g/mol. The Balaban J connectivity index is 1.25. The minimum absolute atomic E-state index is 0.0205. The summed E-state index contributed by atoms with van der Waals surface area (Å²) in [6.07, 6.45) is 4.97. The molecule has 4 N–H and O–H groups in total. The second-order valence-corrected chi connectivity index (χ2v) is 16.4. The molecule has 14 heteroatoms. The van der Waals surface area contributed by atoms with Crippen LogP contribution in [0.5, 0.6) is 11.5 Å². The Morgan fingerprint density at radius 1 is 0.635 bits per heavy atom. The topological polar surface area (TPSA) is 169 Å². The molecule has 6 rings (SSSR count). The third-order valence-electron chi connectivity index (χ3n) is 8.84. The van der Waals surface area contributed by atoms with Crippen LogP contribution in [0.25, 0.3) is 0 Å². The molecule has 12 nitrogen and oxygen atoms in total. The average Bonchev–Trinajstić information content (AvgIpc) is 3.43. The number of ether oxygens (including phenoxy) is 2. The van der Waals surface area contributed by atoms with Gasteiger partial charge in [0.15, 0.2) is 11.5 Å². The highest BCUT2D eigenvalue weighted by molar-refractivity contribution is 7.92. The summed E-state index contributed by atoms with van der Waals surface area (Å²) < 4.78 is 65.5. The molecule has 0 amide bonds. The highest BCUT2D eigenvalue weighted by Gasteiger charge is 2.26. The lowest BCUT2D eigenvalue weighted by atomic mass is 9.87. The van der Waals surface area contributed by atoms with Crippen molar-refractivity contribution in [2.45, 2.75) is 24.7 Å². The molecule has 2 aliphatic rings. The summed E-state index contributed by atoms with van der Waals surface area (Å²) in [5.41, 5.74) is 5.80. The lowest BCUT2D eigenvalue weighted by Gasteiger charge is -2.21. The van der Waals surface area contributed by atoms with Gasteiger partial charge in [-0.15, -0.1) is 0 Å². The van der Waals surface area contributed by atoms with E-state index < -0.39 is 32.0 Å². The third kappa shape index (κ3) is 9.44. The van der Waals surface area contributed by atoms with Crippen molar-refractivity contribution in [3.8, 4) is 11.5 Å². The molecule has 0 aromatic heterocycles. The van der Waals surface area contributed by atoms with Crippen LogP contribution in [0.4, 0.5) is 11.4 Å². The van der Waals surface area contributed by atoms with E-state index in [1.165, 1.54) is 0 Å². The fraction of sp³-hybridized carbons (Fsp3) is 0.263. The summed E-state index contributed by atoms with van der Waals surface area (Å²) in [6, 6.07) is 26.3. The standard InChI is InChI=1S/C38H40N4O8S2/c1-51(45,46)41-33-21-29-27(15-17-39-23-31(29)25-9-5-3-6-10-25)19-35(33)49-37(43)13-14-38(44)50-36-20-28-16-18-40-24-32(26-11-7-4-8-12-26)30(28)22-34(36)42-52(2,47)48/h3-14,19-22,31-32,39-42H,15-18,23-24H2,1-2H3/b14-13+. The summed E-state index contributed by atoms with van der Waals surface area (Å²) >= 11 is 0. The minimum atomic E-state index is -3.76. The van der Waals surface area contributed by atoms with Crippen LogP contribution in [0.1, 0.15) is 45.2 Å². The SMILES string of the molecule is CS(=O)(=O)Nc1cc2c(cc1OC(=O)/C=C/C(=O)Oc1cc3c(cc1NS(C)(=O)=O)C(c1ccccc1)CNCC3)CCNCC2c1ccccc1. The van der Waals surface area contributed by atoms with Crippen LogP contribution in [0, 0.1) is 0 Å². The molecule has 2 unspecified atom stereocenters. The van der Waals surface area contributed by atoms with E-state index in [-0.39, 0.29) is 34.7 Å². The Labute approximate surface area is 303 Å². The zero-order valence-corrected chi connectivity index (χ0v) is 30.4. The molecule has 2 heterocycles. The third-order valence-corrected chi connectivity index (χ3v) is 10.0. The molecule has 2 atom stereocenters. The predicted molar refractivity (Wildman–Crippen MR) is 200 cm³/mol. The normalized spacial score (nSPS) is 17.6. The van der Waals surface area contributed by atoms with Gasteiger partial charge in [0, 0.05) is 37.1 Å². The maximum atomic E-state index is 13.1. The largest absolute Gasteiger partial charge is 0.421 e. The number of benzene rings is 4. The maximum Gasteiger partial charge on any atom is 0.336 e. The van der Waals surface area contributed by atoms with Gasteiger partial charge in [-0.1, -0.05) is 60.7 Å². The monoisotopic (exact) mass is 744 g/mol. The summed E-state index contributed by atoms with van der Waals surface area (Å²) in [5, 5.41) is 6.84. The molecule has 272 valence electrons. The average molecular weight is 745 g/mol. The molecule has 0 saturated heterocycles. The molecule has 2 aliphatic heterocycles. The van der Waals surface area contributed by atoms with Crippen LogP contribution >= 0.6 is 0 Å². The Bertz CT molecular complexity index is 2050. The number of hydrogen-bond donors (Lipinski definition) is 4. The van der Waals surface area contributed by atoms with Crippen LogP contribution in [0.3, 0.4) is 0 Å². The molecule has 4 aromatic carbocycles. The second kappa shape index (κ2) is 15.7. The Morgan fingerprint density at radius 2 is 1.02 bits per heavy atom.